The lowest BCUT2D eigenvalue weighted by atomic mass is 9.94. The quantitative estimate of drug-likeness (QED) is 0.181. The summed E-state index contributed by atoms with van der Waals surface area (Å²) < 4.78 is 29.8. The monoisotopic (exact) mass is 651 g/mol. The van der Waals surface area contributed by atoms with Crippen LogP contribution in [0.25, 0.3) is 0 Å². The van der Waals surface area contributed by atoms with E-state index in [0.717, 1.165) is 59.9 Å². The summed E-state index contributed by atoms with van der Waals surface area (Å²) in [4.78, 5) is 30.7. The zero-order chi connectivity index (χ0) is 33.4. The topological polar surface area (TPSA) is 86.8 Å². The van der Waals surface area contributed by atoms with E-state index in [9.17, 15) is 18.0 Å². The van der Waals surface area contributed by atoms with Gasteiger partial charge in [-0.15, -0.1) is 0 Å². The molecular weight excluding hydrogens is 607 g/mol. The van der Waals surface area contributed by atoms with Gasteiger partial charge in [0.15, 0.2) is 0 Å². The van der Waals surface area contributed by atoms with Crippen molar-refractivity contribution in [1.82, 2.24) is 10.2 Å². The van der Waals surface area contributed by atoms with E-state index < -0.39 is 28.5 Å². The molecule has 0 aromatic heterocycles. The number of nitrogens with one attached hydrogen (secondary N) is 1. The summed E-state index contributed by atoms with van der Waals surface area (Å²) in [5.74, 6) is -0.669. The predicted molar refractivity (Wildman–Crippen MR) is 188 cm³/mol. The van der Waals surface area contributed by atoms with E-state index in [2.05, 4.69) is 5.32 Å². The zero-order valence-electron chi connectivity index (χ0n) is 27.6. The van der Waals surface area contributed by atoms with E-state index in [0.29, 0.717) is 12.1 Å². The molecule has 0 aliphatic heterocycles. The molecule has 1 aliphatic rings. The summed E-state index contributed by atoms with van der Waals surface area (Å²) in [6.45, 7) is 5.42. The minimum Gasteiger partial charge on any atom is -0.352 e. The van der Waals surface area contributed by atoms with Gasteiger partial charge >= 0.3 is 0 Å². The molecule has 246 valence electrons. The third-order valence-corrected chi connectivity index (χ3v) is 10.7. The highest BCUT2D eigenvalue weighted by Crippen LogP contribution is 2.29. The van der Waals surface area contributed by atoms with Crippen LogP contribution < -0.4 is 9.62 Å². The van der Waals surface area contributed by atoms with Crippen molar-refractivity contribution in [3.8, 4) is 0 Å². The van der Waals surface area contributed by atoms with Gasteiger partial charge in [-0.1, -0.05) is 110 Å². The van der Waals surface area contributed by atoms with E-state index in [1.165, 1.54) is 16.4 Å². The molecule has 5 rings (SSSR count). The molecule has 1 fully saturated rings. The van der Waals surface area contributed by atoms with Crippen LogP contribution in [0.4, 0.5) is 5.69 Å². The third kappa shape index (κ3) is 8.69. The van der Waals surface area contributed by atoms with Crippen molar-refractivity contribution >= 4 is 27.5 Å². The average Bonchev–Trinajstić information content (AvgIpc) is 3.07. The molecule has 1 atom stereocenters. The highest BCUT2D eigenvalue weighted by molar-refractivity contribution is 7.92. The van der Waals surface area contributed by atoms with Gasteiger partial charge in [0.1, 0.15) is 12.6 Å². The van der Waals surface area contributed by atoms with Gasteiger partial charge in [-0.25, -0.2) is 8.42 Å². The number of hydrogen-bond acceptors (Lipinski definition) is 4. The molecule has 8 heteroatoms. The van der Waals surface area contributed by atoms with Crippen molar-refractivity contribution < 1.29 is 18.0 Å². The fourth-order valence-electron chi connectivity index (χ4n) is 6.33. The summed E-state index contributed by atoms with van der Waals surface area (Å²) in [5.41, 5.74) is 4.85. The standard InChI is InChI=1S/C39H45N3O4S/c1-29-14-13-17-33(24-29)27-41(37(26-32-15-7-4-8-16-32)39(44)40-34-18-9-5-10-19-34)38(43)28-42(36-25-30(2)22-23-31(36)3)47(45,46)35-20-11-6-12-21-35/h4,6-8,11-17,20-25,34,37H,5,9-10,18-19,26-28H2,1-3H3,(H,40,44). The van der Waals surface area contributed by atoms with Crippen molar-refractivity contribution in [1.29, 1.82) is 0 Å². The zero-order valence-corrected chi connectivity index (χ0v) is 28.4. The van der Waals surface area contributed by atoms with Crippen LogP contribution in [-0.4, -0.2) is 43.8 Å². The molecule has 0 radical (unpaired) electrons. The number of aryl methyl sites for hydroxylation is 3. The van der Waals surface area contributed by atoms with Crippen molar-refractivity contribution in [2.24, 2.45) is 0 Å². The molecule has 2 amide bonds. The van der Waals surface area contributed by atoms with E-state index in [1.54, 1.807) is 29.2 Å². The summed E-state index contributed by atoms with van der Waals surface area (Å²) in [6, 6.07) is 30.5. The van der Waals surface area contributed by atoms with Crippen LogP contribution >= 0.6 is 0 Å². The lowest BCUT2D eigenvalue weighted by molar-refractivity contribution is -0.140. The first-order chi connectivity index (χ1) is 22.6. The summed E-state index contributed by atoms with van der Waals surface area (Å²) in [7, 11) is -4.14. The molecule has 1 unspecified atom stereocenters. The smallest absolute Gasteiger partial charge is 0.264 e. The Balaban J connectivity index is 1.58. The molecule has 4 aromatic carbocycles. The number of benzene rings is 4. The molecule has 0 saturated heterocycles. The van der Waals surface area contributed by atoms with Crippen LogP contribution in [0, 0.1) is 20.8 Å². The van der Waals surface area contributed by atoms with E-state index in [-0.39, 0.29) is 23.4 Å². The first-order valence-corrected chi connectivity index (χ1v) is 17.9. The van der Waals surface area contributed by atoms with Crippen LogP contribution in [0.5, 0.6) is 0 Å². The summed E-state index contributed by atoms with van der Waals surface area (Å²) in [5, 5.41) is 3.26. The van der Waals surface area contributed by atoms with Crippen molar-refractivity contribution in [3.63, 3.8) is 0 Å². The number of sulfonamides is 1. The van der Waals surface area contributed by atoms with Crippen molar-refractivity contribution in [2.75, 3.05) is 10.8 Å². The van der Waals surface area contributed by atoms with Crippen molar-refractivity contribution in [3.05, 3.63) is 131 Å². The predicted octanol–water partition coefficient (Wildman–Crippen LogP) is 6.90. The van der Waals surface area contributed by atoms with Crippen LogP contribution in [0.1, 0.15) is 59.9 Å². The molecule has 4 aromatic rings. The van der Waals surface area contributed by atoms with Gasteiger partial charge in [0.25, 0.3) is 10.0 Å². The van der Waals surface area contributed by atoms with E-state index >= 15 is 0 Å². The van der Waals surface area contributed by atoms with Gasteiger partial charge in [0.05, 0.1) is 10.6 Å². The second-order valence-corrected chi connectivity index (χ2v) is 14.5. The van der Waals surface area contributed by atoms with Crippen LogP contribution in [-0.2, 0) is 32.6 Å². The highest BCUT2D eigenvalue weighted by Gasteiger charge is 2.35. The number of rotatable bonds is 12. The van der Waals surface area contributed by atoms with E-state index in [1.807, 2.05) is 87.5 Å². The Morgan fingerprint density at radius 1 is 0.766 bits per heavy atom. The Hall–Kier alpha value is -4.43. The molecule has 47 heavy (non-hydrogen) atoms. The first kappa shape index (κ1) is 33.9. The molecule has 0 heterocycles. The SMILES string of the molecule is Cc1cccc(CN(C(=O)CN(c2cc(C)ccc2C)S(=O)(=O)c2ccccc2)C(Cc2ccccc2)C(=O)NC2CCCCC2)c1. The highest BCUT2D eigenvalue weighted by atomic mass is 32.2. The third-order valence-electron chi connectivity index (χ3n) is 8.90. The maximum Gasteiger partial charge on any atom is 0.264 e. The minimum atomic E-state index is -4.14. The molecule has 1 aliphatic carbocycles. The Labute approximate surface area is 279 Å². The molecule has 1 saturated carbocycles. The molecule has 0 spiro atoms. The van der Waals surface area contributed by atoms with Gasteiger partial charge in [0.2, 0.25) is 11.8 Å². The number of amides is 2. The second kappa shape index (κ2) is 15.4. The maximum atomic E-state index is 14.8. The van der Waals surface area contributed by atoms with Crippen LogP contribution in [0.15, 0.2) is 108 Å². The molecule has 1 N–H and O–H groups in total. The Morgan fingerprint density at radius 3 is 2.09 bits per heavy atom. The number of anilines is 1. The lowest BCUT2D eigenvalue weighted by Gasteiger charge is -2.35. The second-order valence-electron chi connectivity index (χ2n) is 12.7. The Bertz CT molecular complexity index is 1770. The van der Waals surface area contributed by atoms with Gasteiger partial charge in [-0.3, -0.25) is 13.9 Å². The number of nitrogens with zero attached hydrogens (tertiary/aromatic N) is 2. The van der Waals surface area contributed by atoms with Crippen molar-refractivity contribution in [2.45, 2.75) is 82.8 Å². The largest absolute Gasteiger partial charge is 0.352 e. The number of carbonyl (C=O) groups excluding carboxylic acids is 2. The lowest BCUT2D eigenvalue weighted by Crippen LogP contribution is -2.55. The minimum absolute atomic E-state index is 0.0512. The van der Waals surface area contributed by atoms with Gasteiger partial charge in [0, 0.05) is 19.0 Å². The van der Waals surface area contributed by atoms with E-state index in [4.69, 9.17) is 0 Å². The first-order valence-electron chi connectivity index (χ1n) is 16.5. The van der Waals surface area contributed by atoms with Crippen LogP contribution in [0.3, 0.4) is 0 Å². The Kier molecular flexibility index (Phi) is 11.1. The average molecular weight is 652 g/mol. The fourth-order valence-corrected chi connectivity index (χ4v) is 7.82. The van der Waals surface area contributed by atoms with Crippen LogP contribution in [0.2, 0.25) is 0 Å². The van der Waals surface area contributed by atoms with Gasteiger partial charge in [-0.2, -0.15) is 0 Å². The number of hydrogen-bond donors (Lipinski definition) is 1. The molecule has 7 nitrogen and oxygen atoms in total. The molecule has 0 bridgehead atoms. The summed E-state index contributed by atoms with van der Waals surface area (Å²) in [6.07, 6.45) is 5.38. The fraction of sp³-hybridized carbons (Fsp3) is 0.333. The number of carbonyl (C=O) groups is 2. The van der Waals surface area contributed by atoms with Gasteiger partial charge < -0.3 is 10.2 Å². The maximum absolute atomic E-state index is 14.8. The molecular formula is C39H45N3O4S. The Morgan fingerprint density at radius 2 is 1.40 bits per heavy atom. The normalized spacial score (nSPS) is 14.3. The summed E-state index contributed by atoms with van der Waals surface area (Å²) >= 11 is 0. The van der Waals surface area contributed by atoms with Gasteiger partial charge in [-0.05, 0) is 74.1 Å².